The molecule has 0 aliphatic carbocycles. The van der Waals surface area contributed by atoms with Crippen molar-refractivity contribution in [1.29, 1.82) is 0 Å². The Morgan fingerprint density at radius 3 is 1.20 bits per heavy atom. The Hall–Kier alpha value is -0.886. The first-order chi connectivity index (χ1) is 9.07. The van der Waals surface area contributed by atoms with Crippen LogP contribution in [-0.4, -0.2) is 29.8 Å². The van der Waals surface area contributed by atoms with Gasteiger partial charge in [0.1, 0.15) is 0 Å². The molecule has 0 atom stereocenters. The number of hydrogen-bond acceptors (Lipinski definition) is 4. The van der Waals surface area contributed by atoms with E-state index in [1.165, 1.54) is 0 Å². The zero-order valence-electron chi connectivity index (χ0n) is 14.2. The molecule has 0 aliphatic heterocycles. The molecule has 0 bridgehead atoms. The molecule has 118 valence electrons. The fourth-order valence-electron chi connectivity index (χ4n) is 1.25. The Morgan fingerprint density at radius 2 is 1.00 bits per heavy atom. The lowest BCUT2D eigenvalue weighted by molar-refractivity contribution is 0.106. The van der Waals surface area contributed by atoms with Crippen LogP contribution in [-0.2, 0) is 18.3 Å². The zero-order valence-corrected chi connectivity index (χ0v) is 16.2. The molecule has 0 heterocycles. The highest BCUT2D eigenvalue weighted by atomic mass is 28.4. The van der Waals surface area contributed by atoms with Crippen molar-refractivity contribution < 1.29 is 18.3 Å². The van der Waals surface area contributed by atoms with Crippen LogP contribution >= 0.6 is 0 Å². The summed E-state index contributed by atoms with van der Waals surface area (Å²) in [5.74, 6) is 1.06. The lowest BCUT2D eigenvalue weighted by Crippen LogP contribution is -2.26. The molecule has 0 unspecified atom stereocenters. The normalized spacial score (nSPS) is 14.0. The summed E-state index contributed by atoms with van der Waals surface area (Å²) in [5, 5.41) is 0. The Kier molecular flexibility index (Phi) is 8.04. The molecule has 0 aromatic rings. The third kappa shape index (κ3) is 11.0. The highest BCUT2D eigenvalue weighted by Gasteiger charge is 2.20. The Morgan fingerprint density at radius 1 is 0.700 bits per heavy atom. The number of hydrogen-bond donors (Lipinski definition) is 0. The van der Waals surface area contributed by atoms with Gasteiger partial charge < -0.3 is 18.3 Å². The topological polar surface area (TPSA) is 36.9 Å². The van der Waals surface area contributed by atoms with Gasteiger partial charge >= 0.3 is 0 Å². The van der Waals surface area contributed by atoms with Crippen LogP contribution in [0.25, 0.3) is 0 Å². The van der Waals surface area contributed by atoms with Crippen molar-refractivity contribution in [1.82, 2.24) is 0 Å². The first-order valence-electron chi connectivity index (χ1n) is 7.13. The summed E-state index contributed by atoms with van der Waals surface area (Å²) >= 11 is 0. The van der Waals surface area contributed by atoms with Gasteiger partial charge in [0.15, 0.2) is 0 Å². The molecule has 0 aliphatic rings. The van der Waals surface area contributed by atoms with Crippen molar-refractivity contribution in [3.05, 3.63) is 24.0 Å². The van der Waals surface area contributed by atoms with Crippen molar-refractivity contribution in [3.8, 4) is 0 Å². The van der Waals surface area contributed by atoms with Crippen molar-refractivity contribution in [2.24, 2.45) is 0 Å². The maximum absolute atomic E-state index is 5.87. The van der Waals surface area contributed by atoms with Gasteiger partial charge in [-0.3, -0.25) is 0 Å². The molecule has 0 spiro atoms. The van der Waals surface area contributed by atoms with E-state index < -0.39 is 16.6 Å². The van der Waals surface area contributed by atoms with Crippen LogP contribution in [0, 0.1) is 0 Å². The molecule has 0 aromatic heterocycles. The van der Waals surface area contributed by atoms with Gasteiger partial charge in [-0.05, 0) is 53.1 Å². The molecular weight excluding hydrogens is 288 g/mol. The van der Waals surface area contributed by atoms with Gasteiger partial charge in [-0.25, -0.2) is 0 Å². The van der Waals surface area contributed by atoms with Gasteiger partial charge in [0, 0.05) is 12.2 Å². The van der Waals surface area contributed by atoms with E-state index in [1.807, 2.05) is 13.8 Å². The molecule has 0 fully saturated rings. The minimum absolute atomic E-state index is 0.531. The molecule has 0 aromatic carbocycles. The standard InChI is InChI=1S/C14H30O4Si2/c1-9-15-13(17-19(3,4)5)11-12-14(16-10-2)18-20(6,7)8/h11-12H,9-10H2,1-8H3/b13-11+,14-12+. The quantitative estimate of drug-likeness (QED) is 0.358. The highest BCUT2D eigenvalue weighted by Crippen LogP contribution is 2.15. The van der Waals surface area contributed by atoms with Crippen LogP contribution in [0.1, 0.15) is 13.8 Å². The molecular formula is C14H30O4Si2. The maximum atomic E-state index is 5.87. The van der Waals surface area contributed by atoms with E-state index in [1.54, 1.807) is 12.2 Å². The molecule has 6 heteroatoms. The summed E-state index contributed by atoms with van der Waals surface area (Å²) in [4.78, 5) is 0. The Balaban J connectivity index is 5.00. The number of rotatable bonds is 9. The lowest BCUT2D eigenvalue weighted by Gasteiger charge is -2.22. The summed E-state index contributed by atoms with van der Waals surface area (Å²) in [5.41, 5.74) is 0. The predicted octanol–water partition coefficient (Wildman–Crippen LogP) is 4.45. The minimum Gasteiger partial charge on any atom is -0.520 e. The average Bonchev–Trinajstić information content (AvgIpc) is 2.22. The van der Waals surface area contributed by atoms with Crippen LogP contribution < -0.4 is 0 Å². The van der Waals surface area contributed by atoms with E-state index in [0.29, 0.717) is 25.1 Å². The third-order valence-corrected chi connectivity index (χ3v) is 3.37. The Labute approximate surface area is 126 Å². The first-order valence-corrected chi connectivity index (χ1v) is 13.9. The maximum Gasteiger partial charge on any atom is 0.265 e. The molecule has 0 radical (unpaired) electrons. The van der Waals surface area contributed by atoms with Gasteiger partial charge in [0.05, 0.1) is 13.2 Å². The second-order valence-electron chi connectivity index (χ2n) is 6.27. The number of allylic oxidation sites excluding steroid dienone is 2. The van der Waals surface area contributed by atoms with E-state index in [-0.39, 0.29) is 0 Å². The largest absolute Gasteiger partial charge is 0.520 e. The molecule has 4 nitrogen and oxygen atoms in total. The fraction of sp³-hybridized carbons (Fsp3) is 0.714. The molecule has 0 saturated heterocycles. The van der Waals surface area contributed by atoms with Crippen LogP contribution in [0.4, 0.5) is 0 Å². The van der Waals surface area contributed by atoms with Gasteiger partial charge in [0.25, 0.3) is 11.9 Å². The van der Waals surface area contributed by atoms with E-state index in [0.717, 1.165) is 0 Å². The van der Waals surface area contributed by atoms with E-state index in [2.05, 4.69) is 39.3 Å². The van der Waals surface area contributed by atoms with Crippen molar-refractivity contribution >= 4 is 16.6 Å². The van der Waals surface area contributed by atoms with Crippen molar-refractivity contribution in [2.75, 3.05) is 13.2 Å². The van der Waals surface area contributed by atoms with E-state index in [9.17, 15) is 0 Å². The van der Waals surface area contributed by atoms with Crippen LogP contribution in [0.5, 0.6) is 0 Å². The SMILES string of the molecule is CCO/C(=C\C=C(/OCC)O[Si](C)(C)C)O[Si](C)(C)C. The Bertz CT molecular complexity index is 304. The molecule has 0 saturated carbocycles. The van der Waals surface area contributed by atoms with Crippen molar-refractivity contribution in [2.45, 2.75) is 53.1 Å². The first kappa shape index (κ1) is 19.1. The highest BCUT2D eigenvalue weighted by molar-refractivity contribution is 6.70. The lowest BCUT2D eigenvalue weighted by atomic mass is 10.5. The summed E-state index contributed by atoms with van der Waals surface area (Å²) in [6.45, 7) is 17.7. The van der Waals surface area contributed by atoms with E-state index in [4.69, 9.17) is 18.3 Å². The van der Waals surface area contributed by atoms with Crippen LogP contribution in [0.3, 0.4) is 0 Å². The van der Waals surface area contributed by atoms with Gasteiger partial charge in [-0.15, -0.1) is 0 Å². The zero-order chi connectivity index (χ0) is 15.8. The summed E-state index contributed by atoms with van der Waals surface area (Å²) < 4.78 is 22.8. The second kappa shape index (κ2) is 8.41. The number of ether oxygens (including phenoxy) is 2. The predicted molar refractivity (Wildman–Crippen MR) is 88.3 cm³/mol. The average molecular weight is 319 g/mol. The summed E-state index contributed by atoms with van der Waals surface area (Å²) in [7, 11) is -3.38. The molecule has 0 N–H and O–H groups in total. The fourth-order valence-corrected chi connectivity index (χ4v) is 2.71. The summed E-state index contributed by atoms with van der Waals surface area (Å²) in [6.07, 6.45) is 3.57. The van der Waals surface area contributed by atoms with Gasteiger partial charge in [-0.2, -0.15) is 0 Å². The molecule has 0 rings (SSSR count). The van der Waals surface area contributed by atoms with Gasteiger partial charge in [0.2, 0.25) is 16.6 Å². The van der Waals surface area contributed by atoms with Crippen LogP contribution in [0.15, 0.2) is 24.0 Å². The minimum atomic E-state index is -1.69. The van der Waals surface area contributed by atoms with Gasteiger partial charge in [-0.1, -0.05) is 0 Å². The monoisotopic (exact) mass is 318 g/mol. The smallest absolute Gasteiger partial charge is 0.265 e. The van der Waals surface area contributed by atoms with Crippen LogP contribution in [0.2, 0.25) is 39.3 Å². The molecule has 20 heavy (non-hydrogen) atoms. The second-order valence-corrected chi connectivity index (χ2v) is 15.1. The van der Waals surface area contributed by atoms with E-state index >= 15 is 0 Å². The van der Waals surface area contributed by atoms with Crippen molar-refractivity contribution in [3.63, 3.8) is 0 Å². The third-order valence-electron chi connectivity index (χ3n) is 1.74. The summed E-state index contributed by atoms with van der Waals surface area (Å²) in [6, 6.07) is 0. The molecule has 0 amide bonds.